The van der Waals surface area contributed by atoms with Gasteiger partial charge in [0.15, 0.2) is 0 Å². The third kappa shape index (κ3) is 3.28. The molecule has 0 aliphatic heterocycles. The van der Waals surface area contributed by atoms with Gasteiger partial charge in [0.05, 0.1) is 17.3 Å². The standard InChI is InChI=1S/C16H13BrF3N3O2/c1-23-11-5-3-2-4-10(11)12(17)13(23)15(24)25-7-6-9-8-21-22-14(9)16(18,19)20/h2-5,8H,6-7H2,1H3,(H,21,22). The number of hydrogen-bond acceptors (Lipinski definition) is 3. The molecule has 2 heterocycles. The number of aromatic nitrogens is 3. The number of benzene rings is 1. The second kappa shape index (κ2) is 6.55. The average molecular weight is 416 g/mol. The number of alkyl halides is 3. The number of carbonyl (C=O) groups is 1. The SMILES string of the molecule is Cn1c(C(=O)OCCc2cn[nH]c2C(F)(F)F)c(Br)c2ccccc21. The molecule has 0 bridgehead atoms. The Balaban J connectivity index is 1.73. The Morgan fingerprint density at radius 1 is 1.36 bits per heavy atom. The van der Waals surface area contributed by atoms with E-state index in [1.807, 2.05) is 29.4 Å². The maximum absolute atomic E-state index is 12.8. The number of esters is 1. The van der Waals surface area contributed by atoms with Crippen molar-refractivity contribution in [2.45, 2.75) is 12.6 Å². The predicted octanol–water partition coefficient (Wildman–Crippen LogP) is 4.08. The Bertz CT molecular complexity index is 891. The topological polar surface area (TPSA) is 59.9 Å². The number of hydrogen-bond donors (Lipinski definition) is 1. The van der Waals surface area contributed by atoms with E-state index in [1.54, 1.807) is 11.6 Å². The minimum absolute atomic E-state index is 0.0450. The Kier molecular flexibility index (Phi) is 4.59. The Morgan fingerprint density at radius 2 is 2.08 bits per heavy atom. The number of aromatic amines is 1. The first kappa shape index (κ1) is 17.5. The van der Waals surface area contributed by atoms with Gasteiger partial charge in [0, 0.05) is 29.9 Å². The summed E-state index contributed by atoms with van der Waals surface area (Å²) < 4.78 is 45.7. The molecular weight excluding hydrogens is 403 g/mol. The monoisotopic (exact) mass is 415 g/mol. The lowest BCUT2D eigenvalue weighted by Crippen LogP contribution is -2.14. The molecule has 0 fully saturated rings. The van der Waals surface area contributed by atoms with Gasteiger partial charge in [0.1, 0.15) is 11.4 Å². The number of para-hydroxylation sites is 1. The largest absolute Gasteiger partial charge is 0.461 e. The van der Waals surface area contributed by atoms with Crippen molar-refractivity contribution in [2.75, 3.05) is 6.61 Å². The summed E-state index contributed by atoms with van der Waals surface area (Å²) in [4.78, 5) is 12.3. The molecule has 0 spiro atoms. The molecule has 25 heavy (non-hydrogen) atoms. The second-order valence-corrected chi connectivity index (χ2v) is 6.19. The summed E-state index contributed by atoms with van der Waals surface area (Å²) in [6.07, 6.45) is -3.52. The molecule has 3 aromatic rings. The van der Waals surface area contributed by atoms with Crippen LogP contribution < -0.4 is 0 Å². The highest BCUT2D eigenvalue weighted by Crippen LogP contribution is 2.31. The molecule has 0 aliphatic rings. The fourth-order valence-corrected chi connectivity index (χ4v) is 3.40. The molecule has 0 radical (unpaired) electrons. The molecule has 0 unspecified atom stereocenters. The molecule has 5 nitrogen and oxygen atoms in total. The number of H-pyrrole nitrogens is 1. The van der Waals surface area contributed by atoms with Crippen molar-refractivity contribution in [3.63, 3.8) is 0 Å². The van der Waals surface area contributed by atoms with E-state index in [0.29, 0.717) is 10.2 Å². The van der Waals surface area contributed by atoms with Gasteiger partial charge in [-0.2, -0.15) is 18.3 Å². The lowest BCUT2D eigenvalue weighted by molar-refractivity contribution is -0.141. The highest BCUT2D eigenvalue weighted by molar-refractivity contribution is 9.10. The number of rotatable bonds is 4. The molecule has 1 N–H and O–H groups in total. The van der Waals surface area contributed by atoms with Crippen molar-refractivity contribution < 1.29 is 22.7 Å². The molecule has 3 rings (SSSR count). The van der Waals surface area contributed by atoms with E-state index in [1.165, 1.54) is 0 Å². The van der Waals surface area contributed by atoms with E-state index in [-0.39, 0.29) is 18.6 Å². The van der Waals surface area contributed by atoms with E-state index in [4.69, 9.17) is 4.74 Å². The van der Waals surface area contributed by atoms with Crippen LogP contribution in [0.15, 0.2) is 34.9 Å². The van der Waals surface area contributed by atoms with Gasteiger partial charge in [0.25, 0.3) is 0 Å². The average Bonchev–Trinajstić information content (AvgIpc) is 3.12. The lowest BCUT2D eigenvalue weighted by atomic mass is 10.2. The first-order valence-electron chi connectivity index (χ1n) is 7.30. The summed E-state index contributed by atoms with van der Waals surface area (Å²) in [6, 6.07) is 7.41. The summed E-state index contributed by atoms with van der Waals surface area (Å²) in [5.41, 5.74) is 0.186. The van der Waals surface area contributed by atoms with Gasteiger partial charge < -0.3 is 9.30 Å². The van der Waals surface area contributed by atoms with Crippen molar-refractivity contribution in [3.8, 4) is 0 Å². The van der Waals surface area contributed by atoms with Crippen LogP contribution in [0.25, 0.3) is 10.9 Å². The number of aryl methyl sites for hydroxylation is 1. The van der Waals surface area contributed by atoms with Gasteiger partial charge in [-0.25, -0.2) is 4.79 Å². The van der Waals surface area contributed by atoms with Crippen molar-refractivity contribution in [1.82, 2.24) is 14.8 Å². The highest BCUT2D eigenvalue weighted by atomic mass is 79.9. The molecule has 0 saturated heterocycles. The number of fused-ring (bicyclic) bond motifs is 1. The number of nitrogens with one attached hydrogen (secondary N) is 1. The Hall–Kier alpha value is -2.29. The lowest BCUT2D eigenvalue weighted by Gasteiger charge is -2.08. The van der Waals surface area contributed by atoms with E-state index in [9.17, 15) is 18.0 Å². The van der Waals surface area contributed by atoms with Crippen molar-refractivity contribution in [1.29, 1.82) is 0 Å². The summed E-state index contributed by atoms with van der Waals surface area (Å²) in [6.45, 7) is -0.185. The van der Waals surface area contributed by atoms with Gasteiger partial charge in [-0.05, 0) is 22.0 Å². The van der Waals surface area contributed by atoms with Gasteiger partial charge in [-0.1, -0.05) is 18.2 Å². The minimum Gasteiger partial charge on any atom is -0.461 e. The van der Waals surface area contributed by atoms with Crippen LogP contribution in [0.4, 0.5) is 13.2 Å². The number of carbonyl (C=O) groups excluding carboxylic acids is 1. The molecular formula is C16H13BrF3N3O2. The smallest absolute Gasteiger partial charge is 0.433 e. The van der Waals surface area contributed by atoms with Crippen molar-refractivity contribution >= 4 is 32.8 Å². The van der Waals surface area contributed by atoms with Crippen LogP contribution in [0.2, 0.25) is 0 Å². The van der Waals surface area contributed by atoms with E-state index in [2.05, 4.69) is 21.0 Å². The Morgan fingerprint density at radius 3 is 2.76 bits per heavy atom. The molecule has 0 saturated carbocycles. The van der Waals surface area contributed by atoms with E-state index in [0.717, 1.165) is 17.1 Å². The number of nitrogens with zero attached hydrogens (tertiary/aromatic N) is 2. The van der Waals surface area contributed by atoms with Gasteiger partial charge >= 0.3 is 12.1 Å². The third-order valence-electron chi connectivity index (χ3n) is 3.84. The van der Waals surface area contributed by atoms with Crippen LogP contribution >= 0.6 is 15.9 Å². The fourth-order valence-electron chi connectivity index (χ4n) is 2.64. The number of ether oxygens (including phenoxy) is 1. The van der Waals surface area contributed by atoms with Gasteiger partial charge in [-0.15, -0.1) is 0 Å². The zero-order valence-electron chi connectivity index (χ0n) is 13.0. The molecule has 0 atom stereocenters. The minimum atomic E-state index is -4.52. The summed E-state index contributed by atoms with van der Waals surface area (Å²) in [5.74, 6) is -0.609. The predicted molar refractivity (Wildman–Crippen MR) is 88.2 cm³/mol. The highest BCUT2D eigenvalue weighted by Gasteiger charge is 2.35. The Labute approximate surface area is 148 Å². The fraction of sp³-hybridized carbons (Fsp3) is 0.250. The summed E-state index contributed by atoms with van der Waals surface area (Å²) in [5, 5.41) is 6.18. The van der Waals surface area contributed by atoms with Crippen LogP contribution in [0.1, 0.15) is 21.7 Å². The van der Waals surface area contributed by atoms with Crippen LogP contribution in [0.3, 0.4) is 0 Å². The molecule has 9 heteroatoms. The molecule has 2 aromatic heterocycles. The van der Waals surface area contributed by atoms with E-state index < -0.39 is 17.8 Å². The van der Waals surface area contributed by atoms with Crippen molar-refractivity contribution in [2.24, 2.45) is 7.05 Å². The normalized spacial score (nSPS) is 11.9. The van der Waals surface area contributed by atoms with Crippen molar-refractivity contribution in [3.05, 3.63) is 51.9 Å². The summed E-state index contributed by atoms with van der Waals surface area (Å²) >= 11 is 3.39. The molecule has 1 aromatic carbocycles. The van der Waals surface area contributed by atoms with E-state index >= 15 is 0 Å². The van der Waals surface area contributed by atoms with Crippen LogP contribution in [0, 0.1) is 0 Å². The molecule has 0 amide bonds. The maximum Gasteiger partial charge on any atom is 0.433 e. The molecule has 132 valence electrons. The second-order valence-electron chi connectivity index (χ2n) is 5.39. The third-order valence-corrected chi connectivity index (χ3v) is 4.65. The molecule has 0 aliphatic carbocycles. The first-order valence-corrected chi connectivity index (χ1v) is 8.09. The quantitative estimate of drug-likeness (QED) is 0.653. The maximum atomic E-state index is 12.8. The zero-order chi connectivity index (χ0) is 18.2. The van der Waals surface area contributed by atoms with Gasteiger partial charge in [-0.3, -0.25) is 5.10 Å². The zero-order valence-corrected chi connectivity index (χ0v) is 14.6. The summed E-state index contributed by atoms with van der Waals surface area (Å²) in [7, 11) is 1.72. The van der Waals surface area contributed by atoms with Crippen LogP contribution in [-0.4, -0.2) is 27.3 Å². The van der Waals surface area contributed by atoms with Crippen LogP contribution in [0.5, 0.6) is 0 Å². The van der Waals surface area contributed by atoms with Gasteiger partial charge in [0.2, 0.25) is 0 Å². The van der Waals surface area contributed by atoms with Crippen LogP contribution in [-0.2, 0) is 24.4 Å². The first-order chi connectivity index (χ1) is 11.8. The number of halogens is 4.